The summed E-state index contributed by atoms with van der Waals surface area (Å²) in [7, 11) is 0. The summed E-state index contributed by atoms with van der Waals surface area (Å²) in [5, 5.41) is 8.74. The van der Waals surface area contributed by atoms with Crippen molar-refractivity contribution in [2.24, 2.45) is 0 Å². The molecule has 0 amide bonds. The van der Waals surface area contributed by atoms with Gasteiger partial charge in [0.2, 0.25) is 0 Å². The van der Waals surface area contributed by atoms with Gasteiger partial charge < -0.3 is 9.84 Å². The van der Waals surface area contributed by atoms with E-state index in [1.165, 1.54) is 0 Å². The minimum Gasteiger partial charge on any atom is -0.475 e. The summed E-state index contributed by atoms with van der Waals surface area (Å²) in [6, 6.07) is 7.16. The maximum atomic E-state index is 8.74. The Morgan fingerprint density at radius 1 is 1.42 bits per heavy atom. The number of benzene rings is 1. The normalized spacial score (nSPS) is 12.6. The molecule has 66 valence electrons. The zero-order chi connectivity index (χ0) is 8.97. The monoisotopic (exact) mass is 186 g/mol. The number of aliphatic hydroxyl groups is 1. The highest BCUT2D eigenvalue weighted by molar-refractivity contribution is 6.19. The molecule has 0 aromatic heterocycles. The minimum atomic E-state index is -0.329. The van der Waals surface area contributed by atoms with E-state index in [0.717, 1.165) is 11.3 Å². The van der Waals surface area contributed by atoms with Crippen molar-refractivity contribution in [1.82, 2.24) is 0 Å². The Bertz CT molecular complexity index is 231. The Kier molecular flexibility index (Phi) is 3.38. The highest BCUT2D eigenvalue weighted by Gasteiger charge is 1.97. The predicted octanol–water partition coefficient (Wildman–Crippen LogP) is 2.14. The number of aliphatic hydroxyl groups excluding tert-OH is 1. The Hall–Kier alpha value is -0.730. The Morgan fingerprint density at radius 2 is 2.00 bits per heavy atom. The molecule has 12 heavy (non-hydrogen) atoms. The van der Waals surface area contributed by atoms with Crippen molar-refractivity contribution < 1.29 is 9.84 Å². The lowest BCUT2D eigenvalue weighted by molar-refractivity contribution is 0.280. The maximum absolute atomic E-state index is 8.74. The fourth-order valence-electron chi connectivity index (χ4n) is 0.861. The first-order valence-corrected chi connectivity index (χ1v) is 4.16. The number of halogens is 1. The van der Waals surface area contributed by atoms with Gasteiger partial charge in [0.1, 0.15) is 5.75 Å². The molecule has 0 heterocycles. The van der Waals surface area contributed by atoms with Crippen LogP contribution in [0, 0.1) is 0 Å². The summed E-state index contributed by atoms with van der Waals surface area (Å²) in [6.07, 6.45) is 0. The molecule has 3 heteroatoms. The number of hydrogen-bond donors (Lipinski definition) is 1. The van der Waals surface area contributed by atoms with E-state index in [0.29, 0.717) is 0 Å². The van der Waals surface area contributed by atoms with Gasteiger partial charge in [-0.15, -0.1) is 0 Å². The molecule has 0 saturated carbocycles. The van der Waals surface area contributed by atoms with Crippen molar-refractivity contribution in [3.63, 3.8) is 0 Å². The fraction of sp³-hybridized carbons (Fsp3) is 0.333. The van der Waals surface area contributed by atoms with Gasteiger partial charge in [-0.3, -0.25) is 0 Å². The van der Waals surface area contributed by atoms with Crippen molar-refractivity contribution in [2.45, 2.75) is 19.1 Å². The molecule has 0 fully saturated rings. The molecule has 0 aliphatic rings. The molecule has 0 saturated heterocycles. The average molecular weight is 187 g/mol. The molecule has 0 aliphatic heterocycles. The second kappa shape index (κ2) is 4.33. The van der Waals surface area contributed by atoms with Crippen molar-refractivity contribution >= 4 is 11.6 Å². The SMILES string of the molecule is CC(Cl)Oc1ccc(CO)cc1. The van der Waals surface area contributed by atoms with Gasteiger partial charge in [-0.1, -0.05) is 23.7 Å². The lowest BCUT2D eigenvalue weighted by atomic mass is 10.2. The second-order valence-electron chi connectivity index (χ2n) is 2.46. The third kappa shape index (κ3) is 2.72. The summed E-state index contributed by atoms with van der Waals surface area (Å²) < 4.78 is 5.20. The first-order chi connectivity index (χ1) is 5.72. The summed E-state index contributed by atoms with van der Waals surface area (Å²) in [5.74, 6) is 0.717. The highest BCUT2D eigenvalue weighted by atomic mass is 35.5. The standard InChI is InChI=1S/C9H11ClO2/c1-7(10)12-9-4-2-8(6-11)3-5-9/h2-5,7,11H,6H2,1H3. The van der Waals surface area contributed by atoms with Gasteiger partial charge >= 0.3 is 0 Å². The predicted molar refractivity (Wildman–Crippen MR) is 48.3 cm³/mol. The van der Waals surface area contributed by atoms with E-state index in [1.54, 1.807) is 31.2 Å². The first-order valence-electron chi connectivity index (χ1n) is 3.73. The van der Waals surface area contributed by atoms with E-state index >= 15 is 0 Å². The third-order valence-corrected chi connectivity index (χ3v) is 1.49. The van der Waals surface area contributed by atoms with Crippen molar-refractivity contribution in [3.05, 3.63) is 29.8 Å². The van der Waals surface area contributed by atoms with Crippen LogP contribution >= 0.6 is 11.6 Å². The number of alkyl halides is 1. The van der Waals surface area contributed by atoms with E-state index in [9.17, 15) is 0 Å². The molecule has 0 radical (unpaired) electrons. The first kappa shape index (κ1) is 9.36. The van der Waals surface area contributed by atoms with Crippen LogP contribution in [0.25, 0.3) is 0 Å². The molecule has 2 nitrogen and oxygen atoms in total. The third-order valence-electron chi connectivity index (χ3n) is 1.40. The van der Waals surface area contributed by atoms with Crippen molar-refractivity contribution in [1.29, 1.82) is 0 Å². The Labute approximate surface area is 76.7 Å². The van der Waals surface area contributed by atoms with Gasteiger partial charge in [-0.05, 0) is 24.6 Å². The Balaban J connectivity index is 2.65. The van der Waals surface area contributed by atoms with E-state index in [-0.39, 0.29) is 12.2 Å². The quantitative estimate of drug-likeness (QED) is 0.733. The minimum absolute atomic E-state index is 0.0523. The number of rotatable bonds is 3. The van der Waals surface area contributed by atoms with Crippen LogP contribution in [0.1, 0.15) is 12.5 Å². The van der Waals surface area contributed by atoms with Crippen LogP contribution in [0.4, 0.5) is 0 Å². The number of ether oxygens (including phenoxy) is 1. The average Bonchev–Trinajstić information content (AvgIpc) is 2.05. The molecule has 1 aromatic carbocycles. The van der Waals surface area contributed by atoms with E-state index in [1.807, 2.05) is 0 Å². The molecule has 1 N–H and O–H groups in total. The van der Waals surface area contributed by atoms with Crippen LogP contribution in [0.15, 0.2) is 24.3 Å². The molecule has 0 aliphatic carbocycles. The lowest BCUT2D eigenvalue weighted by Gasteiger charge is -2.07. The van der Waals surface area contributed by atoms with Gasteiger partial charge in [0.15, 0.2) is 5.56 Å². The lowest BCUT2D eigenvalue weighted by Crippen LogP contribution is -2.01. The molecule has 1 unspecified atom stereocenters. The van der Waals surface area contributed by atoms with E-state index < -0.39 is 0 Å². The molecule has 1 rings (SSSR count). The van der Waals surface area contributed by atoms with Gasteiger partial charge in [0, 0.05) is 0 Å². The fourth-order valence-corrected chi connectivity index (χ4v) is 0.964. The molecular weight excluding hydrogens is 176 g/mol. The number of hydrogen-bond acceptors (Lipinski definition) is 2. The highest BCUT2D eigenvalue weighted by Crippen LogP contribution is 2.14. The molecule has 1 aromatic rings. The molecule has 0 bridgehead atoms. The molecule has 1 atom stereocenters. The van der Waals surface area contributed by atoms with Crippen molar-refractivity contribution in [2.75, 3.05) is 0 Å². The van der Waals surface area contributed by atoms with E-state index in [4.69, 9.17) is 21.4 Å². The van der Waals surface area contributed by atoms with Crippen LogP contribution in [0.3, 0.4) is 0 Å². The van der Waals surface area contributed by atoms with E-state index in [2.05, 4.69) is 0 Å². The zero-order valence-corrected chi connectivity index (χ0v) is 7.58. The summed E-state index contributed by atoms with van der Waals surface area (Å²) in [4.78, 5) is 0. The van der Waals surface area contributed by atoms with Crippen LogP contribution in [-0.2, 0) is 6.61 Å². The van der Waals surface area contributed by atoms with Crippen LogP contribution in [0.2, 0.25) is 0 Å². The maximum Gasteiger partial charge on any atom is 0.169 e. The summed E-state index contributed by atoms with van der Waals surface area (Å²) in [5.41, 5.74) is 0.537. The van der Waals surface area contributed by atoms with Crippen LogP contribution < -0.4 is 4.74 Å². The van der Waals surface area contributed by atoms with Crippen LogP contribution in [-0.4, -0.2) is 10.7 Å². The van der Waals surface area contributed by atoms with Gasteiger partial charge in [0.25, 0.3) is 0 Å². The largest absolute Gasteiger partial charge is 0.475 e. The zero-order valence-electron chi connectivity index (χ0n) is 6.83. The summed E-state index contributed by atoms with van der Waals surface area (Å²) >= 11 is 5.61. The van der Waals surface area contributed by atoms with Gasteiger partial charge in [-0.2, -0.15) is 0 Å². The molecular formula is C9H11ClO2. The smallest absolute Gasteiger partial charge is 0.169 e. The second-order valence-corrected chi connectivity index (χ2v) is 3.08. The Morgan fingerprint density at radius 3 is 2.42 bits per heavy atom. The van der Waals surface area contributed by atoms with Gasteiger partial charge in [0.05, 0.1) is 6.61 Å². The van der Waals surface area contributed by atoms with Crippen LogP contribution in [0.5, 0.6) is 5.75 Å². The molecule has 0 spiro atoms. The summed E-state index contributed by atoms with van der Waals surface area (Å²) in [6.45, 7) is 1.80. The van der Waals surface area contributed by atoms with Gasteiger partial charge in [-0.25, -0.2) is 0 Å². The van der Waals surface area contributed by atoms with Crippen molar-refractivity contribution in [3.8, 4) is 5.75 Å². The topological polar surface area (TPSA) is 29.5 Å².